The van der Waals surface area contributed by atoms with Crippen LogP contribution in [0.4, 0.5) is 32.7 Å². The lowest BCUT2D eigenvalue weighted by Crippen LogP contribution is -2.51. The molecule has 0 aliphatic carbocycles. The summed E-state index contributed by atoms with van der Waals surface area (Å²) >= 11 is 0. The highest BCUT2D eigenvalue weighted by Gasteiger charge is 2.42. The predicted octanol–water partition coefficient (Wildman–Crippen LogP) is 5.04. The van der Waals surface area contributed by atoms with Crippen molar-refractivity contribution in [2.24, 2.45) is 5.92 Å². The molecule has 2 aliphatic heterocycles. The zero-order valence-electron chi connectivity index (χ0n) is 19.9. The lowest BCUT2D eigenvalue weighted by molar-refractivity contribution is -0.137. The molecule has 2 aliphatic rings. The predicted molar refractivity (Wildman–Crippen MR) is 119 cm³/mol. The molecule has 8 nitrogen and oxygen atoms in total. The Morgan fingerprint density at radius 3 is 2.44 bits per heavy atom. The van der Waals surface area contributed by atoms with Crippen molar-refractivity contribution in [3.63, 3.8) is 0 Å². The van der Waals surface area contributed by atoms with Crippen LogP contribution in [-0.4, -0.2) is 62.6 Å². The molecule has 2 aromatic rings. The second-order valence-electron chi connectivity index (χ2n) is 9.90. The Morgan fingerprint density at radius 2 is 1.83 bits per heavy atom. The van der Waals surface area contributed by atoms with E-state index >= 15 is 0 Å². The fraction of sp³-hybridized carbons (Fsp3) is 0.565. The van der Waals surface area contributed by atoms with Crippen LogP contribution >= 0.6 is 0 Å². The molecule has 1 aromatic heterocycles. The molecule has 1 aromatic carbocycles. The van der Waals surface area contributed by atoms with Crippen molar-refractivity contribution in [2.45, 2.75) is 57.9 Å². The van der Waals surface area contributed by atoms with Crippen LogP contribution in [0.2, 0.25) is 0 Å². The molecule has 0 saturated carbocycles. The maximum Gasteiger partial charge on any atom is 0.416 e. The summed E-state index contributed by atoms with van der Waals surface area (Å²) in [5.41, 5.74) is -3.44. The Labute approximate surface area is 204 Å². The largest absolute Gasteiger partial charge is 0.507 e. The summed E-state index contributed by atoms with van der Waals surface area (Å²) in [5.74, 6) is -0.739. The molecule has 0 spiro atoms. The van der Waals surface area contributed by atoms with Crippen molar-refractivity contribution < 1.29 is 36.6 Å². The maximum absolute atomic E-state index is 14.0. The highest BCUT2D eigenvalue weighted by molar-refractivity contribution is 5.70. The molecule has 3 heterocycles. The number of ether oxygens (including phenoxy) is 1. The number of likely N-dealkylation sites (tertiary alicyclic amines) is 1. The number of nitrogens with zero attached hydrogens (tertiary/aromatic N) is 5. The van der Waals surface area contributed by atoms with Crippen LogP contribution in [-0.2, 0) is 10.9 Å². The first-order chi connectivity index (χ1) is 16.7. The molecule has 2 saturated heterocycles. The van der Waals surface area contributed by atoms with Gasteiger partial charge in [-0.25, -0.2) is 18.6 Å². The number of phenolic OH excluding ortho intramolecular Hbond substituents is 1. The number of anilines is 1. The number of aromatic hydroxyl groups is 1. The van der Waals surface area contributed by atoms with E-state index in [9.17, 15) is 31.9 Å². The van der Waals surface area contributed by atoms with Gasteiger partial charge in [-0.05, 0) is 57.7 Å². The van der Waals surface area contributed by atoms with E-state index in [1.807, 2.05) is 0 Å². The van der Waals surface area contributed by atoms with Gasteiger partial charge in [-0.1, -0.05) is 0 Å². The molecule has 1 N–H and O–H groups in total. The fourth-order valence-corrected chi connectivity index (χ4v) is 4.58. The maximum atomic E-state index is 14.0. The summed E-state index contributed by atoms with van der Waals surface area (Å²) in [6.45, 7) is 6.57. The van der Waals surface area contributed by atoms with Gasteiger partial charge in [-0.2, -0.15) is 13.2 Å². The molecule has 1 amide bonds. The minimum atomic E-state index is -4.71. The van der Waals surface area contributed by atoms with Crippen molar-refractivity contribution in [3.8, 4) is 17.0 Å². The molecule has 2 unspecified atom stereocenters. The summed E-state index contributed by atoms with van der Waals surface area (Å²) in [5, 5.41) is 17.9. The van der Waals surface area contributed by atoms with Gasteiger partial charge >= 0.3 is 12.3 Å². The van der Waals surface area contributed by atoms with Gasteiger partial charge in [-0.3, -0.25) is 0 Å². The van der Waals surface area contributed by atoms with E-state index in [-0.39, 0.29) is 23.5 Å². The number of rotatable bonds is 3. The van der Waals surface area contributed by atoms with Crippen molar-refractivity contribution in [1.82, 2.24) is 20.1 Å². The molecule has 0 radical (unpaired) electrons. The van der Waals surface area contributed by atoms with Gasteiger partial charge in [0.15, 0.2) is 0 Å². The number of piperidine rings is 1. The normalized spacial score (nSPS) is 20.6. The van der Waals surface area contributed by atoms with Gasteiger partial charge in [-0.15, -0.1) is 10.2 Å². The summed E-state index contributed by atoms with van der Waals surface area (Å²) < 4.78 is 72.1. The van der Waals surface area contributed by atoms with Crippen LogP contribution in [0.3, 0.4) is 0 Å². The fourth-order valence-electron chi connectivity index (χ4n) is 4.58. The minimum Gasteiger partial charge on any atom is -0.507 e. The number of amides is 1. The van der Waals surface area contributed by atoms with Crippen LogP contribution in [0, 0.1) is 5.92 Å². The van der Waals surface area contributed by atoms with E-state index in [1.165, 1.54) is 0 Å². The standard InChI is InChI=1S/C23H26F5N5O3/c1-22(2,3)36-21(35)32-8-6-12-7-9-33(15(12)11-32)20-29-18(19(24)25)17(30-31-20)14-5-4-13(10-16(14)34)23(26,27)28/h4-5,10,12,15,19,34H,6-9,11H2,1-3H3. The number of benzene rings is 1. The highest BCUT2D eigenvalue weighted by Crippen LogP contribution is 2.39. The SMILES string of the molecule is CC(C)(C)OC(=O)N1CCC2CCN(c3nnc(-c4ccc(C(F)(F)F)cc4O)c(C(F)F)n3)C2C1. The van der Waals surface area contributed by atoms with Crippen LogP contribution in [0.25, 0.3) is 11.3 Å². The smallest absolute Gasteiger partial charge is 0.416 e. The van der Waals surface area contributed by atoms with Crippen LogP contribution in [0.15, 0.2) is 18.2 Å². The number of phenols is 1. The summed E-state index contributed by atoms with van der Waals surface area (Å²) in [7, 11) is 0. The minimum absolute atomic E-state index is 0.0704. The van der Waals surface area contributed by atoms with Gasteiger partial charge < -0.3 is 19.6 Å². The molecular weight excluding hydrogens is 489 g/mol. The van der Waals surface area contributed by atoms with Crippen molar-refractivity contribution in [1.29, 1.82) is 0 Å². The molecule has 36 heavy (non-hydrogen) atoms. The first kappa shape index (κ1) is 25.8. The highest BCUT2D eigenvalue weighted by atomic mass is 19.4. The first-order valence-corrected chi connectivity index (χ1v) is 11.4. The lowest BCUT2D eigenvalue weighted by atomic mass is 9.92. The summed E-state index contributed by atoms with van der Waals surface area (Å²) in [4.78, 5) is 19.8. The number of halogens is 5. The number of hydrogen-bond acceptors (Lipinski definition) is 7. The first-order valence-electron chi connectivity index (χ1n) is 11.4. The molecule has 196 valence electrons. The molecular formula is C23H26F5N5O3. The number of aromatic nitrogens is 3. The van der Waals surface area contributed by atoms with Crippen LogP contribution < -0.4 is 4.90 Å². The monoisotopic (exact) mass is 515 g/mol. The zero-order chi connectivity index (χ0) is 26.4. The molecule has 4 rings (SSSR count). The van der Waals surface area contributed by atoms with Gasteiger partial charge in [0.1, 0.15) is 22.7 Å². The van der Waals surface area contributed by atoms with Crippen LogP contribution in [0.1, 0.15) is 51.3 Å². The van der Waals surface area contributed by atoms with Crippen molar-refractivity contribution in [3.05, 3.63) is 29.5 Å². The van der Waals surface area contributed by atoms with Gasteiger partial charge in [0.25, 0.3) is 6.43 Å². The van der Waals surface area contributed by atoms with Crippen LogP contribution in [0.5, 0.6) is 5.75 Å². The van der Waals surface area contributed by atoms with Gasteiger partial charge in [0.05, 0.1) is 11.6 Å². The van der Waals surface area contributed by atoms with E-state index < -0.39 is 47.0 Å². The lowest BCUT2D eigenvalue weighted by Gasteiger charge is -2.38. The number of carbonyl (C=O) groups is 1. The van der Waals surface area contributed by atoms with Gasteiger partial charge in [0, 0.05) is 25.2 Å². The van der Waals surface area contributed by atoms with E-state index in [2.05, 4.69) is 15.2 Å². The van der Waals surface area contributed by atoms with E-state index in [0.29, 0.717) is 38.2 Å². The quantitative estimate of drug-likeness (QED) is 0.573. The average Bonchev–Trinajstić information content (AvgIpc) is 3.20. The Kier molecular flexibility index (Phi) is 6.69. The number of alkyl halides is 5. The van der Waals surface area contributed by atoms with E-state index in [4.69, 9.17) is 4.74 Å². The van der Waals surface area contributed by atoms with Crippen molar-refractivity contribution in [2.75, 3.05) is 24.5 Å². The Morgan fingerprint density at radius 1 is 1.14 bits per heavy atom. The topological polar surface area (TPSA) is 91.7 Å². The van der Waals surface area contributed by atoms with Crippen molar-refractivity contribution >= 4 is 12.0 Å². The Hall–Kier alpha value is -3.25. The third kappa shape index (κ3) is 5.29. The Bertz CT molecular complexity index is 1140. The zero-order valence-corrected chi connectivity index (χ0v) is 19.9. The number of hydrogen-bond donors (Lipinski definition) is 1. The van der Waals surface area contributed by atoms with E-state index in [0.717, 1.165) is 12.5 Å². The summed E-state index contributed by atoms with van der Waals surface area (Å²) in [6, 6.07) is 1.74. The third-order valence-corrected chi connectivity index (χ3v) is 6.26. The van der Waals surface area contributed by atoms with Gasteiger partial charge in [0.2, 0.25) is 5.95 Å². The van der Waals surface area contributed by atoms with E-state index in [1.54, 1.807) is 30.6 Å². The Balaban J connectivity index is 1.62. The molecule has 0 bridgehead atoms. The second-order valence-corrected chi connectivity index (χ2v) is 9.90. The molecule has 2 fully saturated rings. The molecule has 2 atom stereocenters. The number of fused-ring (bicyclic) bond motifs is 1. The second kappa shape index (κ2) is 9.32. The summed E-state index contributed by atoms with van der Waals surface area (Å²) in [6.07, 6.45) is -6.85. The molecule has 13 heteroatoms. The third-order valence-electron chi connectivity index (χ3n) is 6.26. The average molecular weight is 515 g/mol. The number of carbonyl (C=O) groups excluding carboxylic acids is 1.